The van der Waals surface area contributed by atoms with Crippen molar-refractivity contribution in [3.63, 3.8) is 0 Å². The van der Waals surface area contributed by atoms with E-state index in [0.717, 1.165) is 12.8 Å². The van der Waals surface area contributed by atoms with E-state index in [9.17, 15) is 9.59 Å². The second-order valence-electron chi connectivity index (χ2n) is 4.95. The lowest BCUT2D eigenvalue weighted by atomic mass is 10.2. The molecule has 0 saturated heterocycles. The van der Waals surface area contributed by atoms with Crippen molar-refractivity contribution in [3.05, 3.63) is 23.8 Å². The Kier molecular flexibility index (Phi) is 5.63. The van der Waals surface area contributed by atoms with Crippen LogP contribution >= 0.6 is 0 Å². The summed E-state index contributed by atoms with van der Waals surface area (Å²) in [5.74, 6) is 0.232. The van der Waals surface area contributed by atoms with Crippen LogP contribution < -0.4 is 14.8 Å². The fourth-order valence-corrected chi connectivity index (χ4v) is 1.89. The van der Waals surface area contributed by atoms with Crippen molar-refractivity contribution in [1.82, 2.24) is 5.32 Å². The number of hydrogen-bond acceptors (Lipinski definition) is 5. The third-order valence-electron chi connectivity index (χ3n) is 3.06. The molecule has 0 heterocycles. The van der Waals surface area contributed by atoms with E-state index in [4.69, 9.17) is 14.2 Å². The minimum Gasteiger partial charge on any atom is -0.490 e. The molecule has 1 fully saturated rings. The summed E-state index contributed by atoms with van der Waals surface area (Å²) in [4.78, 5) is 23.5. The maximum absolute atomic E-state index is 12.0. The topological polar surface area (TPSA) is 73.9 Å². The Labute approximate surface area is 129 Å². The highest BCUT2D eigenvalue weighted by atomic mass is 16.5. The second kappa shape index (κ2) is 7.68. The number of esters is 1. The number of benzene rings is 1. The van der Waals surface area contributed by atoms with Gasteiger partial charge in [0.05, 0.1) is 18.8 Å². The van der Waals surface area contributed by atoms with Gasteiger partial charge in [0.15, 0.2) is 18.1 Å². The Hall–Kier alpha value is -2.24. The maximum Gasteiger partial charge on any atom is 0.338 e. The Morgan fingerprint density at radius 1 is 1.14 bits per heavy atom. The monoisotopic (exact) mass is 307 g/mol. The van der Waals surface area contributed by atoms with Crippen molar-refractivity contribution in [2.45, 2.75) is 32.7 Å². The average Bonchev–Trinajstić information content (AvgIpc) is 3.31. The molecule has 0 radical (unpaired) electrons. The molecule has 0 spiro atoms. The van der Waals surface area contributed by atoms with Gasteiger partial charge in [-0.25, -0.2) is 4.79 Å². The van der Waals surface area contributed by atoms with E-state index in [1.165, 1.54) is 0 Å². The van der Waals surface area contributed by atoms with E-state index in [1.54, 1.807) is 18.2 Å². The van der Waals surface area contributed by atoms with Crippen molar-refractivity contribution in [2.24, 2.45) is 0 Å². The highest BCUT2D eigenvalue weighted by Crippen LogP contribution is 2.28. The number of carbonyl (C=O) groups is 2. The highest BCUT2D eigenvalue weighted by Gasteiger charge is 2.23. The van der Waals surface area contributed by atoms with Crippen molar-refractivity contribution < 1.29 is 23.8 Å². The zero-order valence-electron chi connectivity index (χ0n) is 12.9. The van der Waals surface area contributed by atoms with E-state index in [1.807, 2.05) is 13.8 Å². The zero-order chi connectivity index (χ0) is 15.9. The molecule has 0 aromatic heterocycles. The molecule has 1 N–H and O–H groups in total. The molecule has 22 heavy (non-hydrogen) atoms. The summed E-state index contributed by atoms with van der Waals surface area (Å²) >= 11 is 0. The Bertz CT molecular complexity index is 539. The molecule has 2 rings (SSSR count). The molecule has 6 heteroatoms. The van der Waals surface area contributed by atoms with Gasteiger partial charge in [0.2, 0.25) is 0 Å². The first-order valence-corrected chi connectivity index (χ1v) is 7.50. The number of hydrogen-bond donors (Lipinski definition) is 1. The Morgan fingerprint density at radius 2 is 1.82 bits per heavy atom. The van der Waals surface area contributed by atoms with Gasteiger partial charge in [0.25, 0.3) is 5.91 Å². The minimum atomic E-state index is -0.560. The predicted octanol–water partition coefficient (Wildman–Crippen LogP) is 1.92. The molecule has 1 aliphatic carbocycles. The van der Waals surface area contributed by atoms with Crippen LogP contribution in [0, 0.1) is 0 Å². The van der Waals surface area contributed by atoms with Crippen LogP contribution in [0.4, 0.5) is 0 Å². The summed E-state index contributed by atoms with van der Waals surface area (Å²) in [6, 6.07) is 5.07. The van der Waals surface area contributed by atoms with E-state index in [2.05, 4.69) is 5.32 Å². The van der Waals surface area contributed by atoms with Crippen LogP contribution in [-0.2, 0) is 9.53 Å². The first-order valence-electron chi connectivity index (χ1n) is 7.50. The van der Waals surface area contributed by atoms with E-state index in [-0.39, 0.29) is 18.6 Å². The lowest BCUT2D eigenvalue weighted by Gasteiger charge is -2.12. The van der Waals surface area contributed by atoms with Gasteiger partial charge in [-0.2, -0.15) is 0 Å². The predicted molar refractivity (Wildman–Crippen MR) is 80.2 cm³/mol. The van der Waals surface area contributed by atoms with Crippen LogP contribution in [0.25, 0.3) is 0 Å². The van der Waals surface area contributed by atoms with Gasteiger partial charge in [0.1, 0.15) is 0 Å². The van der Waals surface area contributed by atoms with Crippen LogP contribution in [0.5, 0.6) is 11.5 Å². The lowest BCUT2D eigenvalue weighted by Crippen LogP contribution is -2.30. The molecule has 0 bridgehead atoms. The Morgan fingerprint density at radius 3 is 2.45 bits per heavy atom. The first kappa shape index (κ1) is 16.1. The molecule has 0 aliphatic heterocycles. The van der Waals surface area contributed by atoms with Crippen LogP contribution in [-0.4, -0.2) is 37.7 Å². The third-order valence-corrected chi connectivity index (χ3v) is 3.06. The zero-order valence-corrected chi connectivity index (χ0v) is 12.9. The van der Waals surface area contributed by atoms with Crippen molar-refractivity contribution in [3.8, 4) is 11.5 Å². The summed E-state index contributed by atoms with van der Waals surface area (Å²) in [5, 5.41) is 2.76. The molecular weight excluding hydrogens is 286 g/mol. The summed E-state index contributed by atoms with van der Waals surface area (Å²) in [7, 11) is 0. The molecule has 1 aromatic carbocycles. The minimum absolute atomic E-state index is 0.251. The smallest absolute Gasteiger partial charge is 0.338 e. The first-order chi connectivity index (χ1) is 10.6. The van der Waals surface area contributed by atoms with Crippen molar-refractivity contribution >= 4 is 11.9 Å². The van der Waals surface area contributed by atoms with E-state index in [0.29, 0.717) is 30.3 Å². The number of ether oxygens (including phenoxy) is 3. The molecule has 0 unspecified atom stereocenters. The third kappa shape index (κ3) is 4.65. The standard InChI is InChI=1S/C16H21NO5/c1-3-20-13-8-5-11(9-14(13)21-4-2)16(19)22-10-15(18)17-12-6-7-12/h5,8-9,12H,3-4,6-7,10H2,1-2H3,(H,17,18). The molecule has 1 aromatic rings. The largest absolute Gasteiger partial charge is 0.490 e. The quantitative estimate of drug-likeness (QED) is 0.743. The van der Waals surface area contributed by atoms with Crippen molar-refractivity contribution in [2.75, 3.05) is 19.8 Å². The summed E-state index contributed by atoms with van der Waals surface area (Å²) in [6.07, 6.45) is 1.99. The van der Waals surface area contributed by atoms with Gasteiger partial charge in [-0.1, -0.05) is 0 Å². The van der Waals surface area contributed by atoms with Gasteiger partial charge in [0, 0.05) is 6.04 Å². The van der Waals surface area contributed by atoms with Crippen LogP contribution in [0.2, 0.25) is 0 Å². The lowest BCUT2D eigenvalue weighted by molar-refractivity contribution is -0.124. The molecule has 1 amide bonds. The molecule has 1 saturated carbocycles. The van der Waals surface area contributed by atoms with E-state index >= 15 is 0 Å². The molecule has 1 aliphatic rings. The summed E-state index contributed by atoms with van der Waals surface area (Å²) in [6.45, 7) is 4.42. The number of carbonyl (C=O) groups excluding carboxylic acids is 2. The fraction of sp³-hybridized carbons (Fsp3) is 0.500. The van der Waals surface area contributed by atoms with Crippen LogP contribution in [0.15, 0.2) is 18.2 Å². The van der Waals surface area contributed by atoms with Crippen LogP contribution in [0.1, 0.15) is 37.0 Å². The number of nitrogens with one attached hydrogen (secondary N) is 1. The molecular formula is C16H21NO5. The van der Waals surface area contributed by atoms with Crippen LogP contribution in [0.3, 0.4) is 0 Å². The van der Waals surface area contributed by atoms with Crippen molar-refractivity contribution in [1.29, 1.82) is 0 Å². The molecule has 120 valence electrons. The molecule has 0 atom stereocenters. The van der Waals surface area contributed by atoms with Gasteiger partial charge >= 0.3 is 5.97 Å². The summed E-state index contributed by atoms with van der Waals surface area (Å²) in [5.41, 5.74) is 0.325. The maximum atomic E-state index is 12.0. The molecule has 6 nitrogen and oxygen atoms in total. The SMILES string of the molecule is CCOc1ccc(C(=O)OCC(=O)NC2CC2)cc1OCC. The van der Waals surface area contributed by atoms with Gasteiger partial charge in [-0.05, 0) is 44.9 Å². The van der Waals surface area contributed by atoms with Gasteiger partial charge in [-0.15, -0.1) is 0 Å². The normalized spacial score (nSPS) is 13.4. The fourth-order valence-electron chi connectivity index (χ4n) is 1.89. The van der Waals surface area contributed by atoms with E-state index < -0.39 is 5.97 Å². The Balaban J connectivity index is 1.95. The summed E-state index contributed by atoms with van der Waals surface area (Å²) < 4.78 is 15.9. The average molecular weight is 307 g/mol. The highest BCUT2D eigenvalue weighted by molar-refractivity contribution is 5.92. The van der Waals surface area contributed by atoms with Gasteiger partial charge < -0.3 is 19.5 Å². The van der Waals surface area contributed by atoms with Gasteiger partial charge in [-0.3, -0.25) is 4.79 Å². The second-order valence-corrected chi connectivity index (χ2v) is 4.95. The number of rotatable bonds is 8. The number of amides is 1.